The number of carbonyl (C=O) groups is 2. The van der Waals surface area contributed by atoms with E-state index in [4.69, 9.17) is 9.15 Å². The number of furan rings is 1. The molecule has 1 saturated heterocycles. The van der Waals surface area contributed by atoms with E-state index in [2.05, 4.69) is 0 Å². The summed E-state index contributed by atoms with van der Waals surface area (Å²) in [6, 6.07) is 3.59. The fourth-order valence-corrected chi connectivity index (χ4v) is 2.95. The van der Waals surface area contributed by atoms with Crippen LogP contribution in [0.4, 0.5) is 5.88 Å². The molecule has 1 aliphatic heterocycles. The molecule has 1 N–H and O–H groups in total. The Kier molecular flexibility index (Phi) is 3.42. The quantitative estimate of drug-likeness (QED) is 0.882. The SMILES string of the molecule is CC(=O)Oc1c(N2CCCC2=O)oc(-c2cccs2)c1O. The van der Waals surface area contributed by atoms with Crippen LogP contribution in [0.5, 0.6) is 11.5 Å². The Labute approximate surface area is 124 Å². The maximum absolute atomic E-state index is 11.9. The van der Waals surface area contributed by atoms with E-state index >= 15 is 0 Å². The van der Waals surface area contributed by atoms with Crippen molar-refractivity contribution >= 4 is 29.1 Å². The van der Waals surface area contributed by atoms with Crippen LogP contribution >= 0.6 is 11.3 Å². The highest BCUT2D eigenvalue weighted by molar-refractivity contribution is 7.13. The molecule has 0 atom stereocenters. The zero-order valence-corrected chi connectivity index (χ0v) is 12.1. The first-order valence-corrected chi connectivity index (χ1v) is 7.34. The molecule has 6 nitrogen and oxygen atoms in total. The molecule has 0 unspecified atom stereocenters. The zero-order chi connectivity index (χ0) is 15.0. The Morgan fingerprint density at radius 2 is 2.33 bits per heavy atom. The minimum atomic E-state index is -0.586. The van der Waals surface area contributed by atoms with Gasteiger partial charge in [0.25, 0.3) is 5.88 Å². The summed E-state index contributed by atoms with van der Waals surface area (Å²) in [5.74, 6) is -0.764. The Morgan fingerprint density at radius 1 is 1.52 bits per heavy atom. The standard InChI is InChI=1S/C14H13NO5S/c1-8(16)19-13-11(18)12(9-4-3-7-21-9)20-14(13)15-6-2-5-10(15)17/h3-4,7,18H,2,5-6H2,1H3. The third-order valence-corrected chi connectivity index (χ3v) is 4.00. The first-order chi connectivity index (χ1) is 10.1. The number of thiophene rings is 1. The number of esters is 1. The van der Waals surface area contributed by atoms with Gasteiger partial charge < -0.3 is 14.3 Å². The van der Waals surface area contributed by atoms with E-state index in [1.54, 1.807) is 6.07 Å². The smallest absolute Gasteiger partial charge is 0.308 e. The van der Waals surface area contributed by atoms with Gasteiger partial charge in [-0.2, -0.15) is 0 Å². The predicted octanol–water partition coefficient (Wildman–Crippen LogP) is 2.77. The summed E-state index contributed by atoms with van der Waals surface area (Å²) < 4.78 is 10.7. The van der Waals surface area contributed by atoms with E-state index in [-0.39, 0.29) is 29.1 Å². The molecule has 110 valence electrons. The summed E-state index contributed by atoms with van der Waals surface area (Å²) in [5.41, 5.74) is 0. The number of carbonyl (C=O) groups excluding carboxylic acids is 2. The number of nitrogens with zero attached hydrogens (tertiary/aromatic N) is 1. The van der Waals surface area contributed by atoms with Crippen molar-refractivity contribution in [2.45, 2.75) is 19.8 Å². The molecule has 3 heterocycles. The van der Waals surface area contributed by atoms with Crippen molar-refractivity contribution in [2.75, 3.05) is 11.4 Å². The molecule has 21 heavy (non-hydrogen) atoms. The number of aromatic hydroxyl groups is 1. The summed E-state index contributed by atoms with van der Waals surface area (Å²) in [7, 11) is 0. The number of ether oxygens (including phenoxy) is 1. The molecule has 0 aliphatic carbocycles. The molecular formula is C14H13NO5S. The van der Waals surface area contributed by atoms with Gasteiger partial charge in [-0.25, -0.2) is 0 Å². The summed E-state index contributed by atoms with van der Waals surface area (Å²) in [6.07, 6.45) is 1.11. The fourth-order valence-electron chi connectivity index (χ4n) is 2.25. The highest BCUT2D eigenvalue weighted by Gasteiger charge is 2.33. The van der Waals surface area contributed by atoms with E-state index in [9.17, 15) is 14.7 Å². The van der Waals surface area contributed by atoms with Crippen molar-refractivity contribution in [1.82, 2.24) is 0 Å². The molecule has 0 saturated carbocycles. The van der Waals surface area contributed by atoms with Crippen LogP contribution in [0.25, 0.3) is 10.6 Å². The van der Waals surface area contributed by atoms with Gasteiger partial charge in [0.05, 0.1) is 4.88 Å². The summed E-state index contributed by atoms with van der Waals surface area (Å²) in [4.78, 5) is 25.2. The molecule has 2 aromatic heterocycles. The molecular weight excluding hydrogens is 294 g/mol. The van der Waals surface area contributed by atoms with Crippen molar-refractivity contribution in [3.05, 3.63) is 17.5 Å². The van der Waals surface area contributed by atoms with Crippen LogP contribution in [-0.2, 0) is 9.59 Å². The highest BCUT2D eigenvalue weighted by Crippen LogP contribution is 2.49. The molecule has 7 heteroatoms. The van der Waals surface area contributed by atoms with Crippen molar-refractivity contribution in [1.29, 1.82) is 0 Å². The van der Waals surface area contributed by atoms with Gasteiger partial charge in [0.1, 0.15) is 0 Å². The van der Waals surface area contributed by atoms with Crippen molar-refractivity contribution < 1.29 is 23.8 Å². The second-order valence-electron chi connectivity index (χ2n) is 4.63. The average Bonchev–Trinajstić information content (AvgIpc) is 3.13. The predicted molar refractivity (Wildman–Crippen MR) is 76.6 cm³/mol. The minimum absolute atomic E-state index is 0.0913. The Hall–Kier alpha value is -2.28. The van der Waals surface area contributed by atoms with Crippen LogP contribution in [0.15, 0.2) is 21.9 Å². The van der Waals surface area contributed by atoms with Gasteiger partial charge in [-0.15, -0.1) is 11.3 Å². The summed E-state index contributed by atoms with van der Waals surface area (Å²) >= 11 is 1.38. The van der Waals surface area contributed by atoms with Gasteiger partial charge in [-0.05, 0) is 17.9 Å². The van der Waals surface area contributed by atoms with Crippen LogP contribution in [-0.4, -0.2) is 23.5 Å². The van der Waals surface area contributed by atoms with E-state index < -0.39 is 5.97 Å². The summed E-state index contributed by atoms with van der Waals surface area (Å²) in [6.45, 7) is 1.71. The lowest BCUT2D eigenvalue weighted by Crippen LogP contribution is -2.24. The van der Waals surface area contributed by atoms with Crippen molar-refractivity contribution in [2.24, 2.45) is 0 Å². The van der Waals surface area contributed by atoms with E-state index in [0.29, 0.717) is 24.3 Å². The highest BCUT2D eigenvalue weighted by atomic mass is 32.1. The van der Waals surface area contributed by atoms with Gasteiger partial charge in [0.15, 0.2) is 5.76 Å². The minimum Gasteiger partial charge on any atom is -0.501 e. The number of anilines is 1. The van der Waals surface area contributed by atoms with Crippen LogP contribution in [0.1, 0.15) is 19.8 Å². The topological polar surface area (TPSA) is 80.0 Å². The molecule has 1 fully saturated rings. The molecule has 2 aromatic rings. The first-order valence-electron chi connectivity index (χ1n) is 6.46. The third kappa shape index (κ3) is 2.40. The normalized spacial score (nSPS) is 14.7. The first kappa shape index (κ1) is 13.7. The van der Waals surface area contributed by atoms with Crippen LogP contribution in [0.2, 0.25) is 0 Å². The molecule has 1 amide bonds. The molecule has 3 rings (SSSR count). The van der Waals surface area contributed by atoms with Crippen LogP contribution < -0.4 is 9.64 Å². The van der Waals surface area contributed by atoms with Gasteiger partial charge in [0, 0.05) is 19.9 Å². The van der Waals surface area contributed by atoms with Gasteiger partial charge in [0.2, 0.25) is 17.4 Å². The lowest BCUT2D eigenvalue weighted by molar-refractivity contribution is -0.132. The second kappa shape index (κ2) is 5.25. The number of hydrogen-bond acceptors (Lipinski definition) is 6. The molecule has 0 radical (unpaired) electrons. The molecule has 0 spiro atoms. The van der Waals surface area contributed by atoms with Gasteiger partial charge in [-0.1, -0.05) is 6.07 Å². The van der Waals surface area contributed by atoms with Crippen LogP contribution in [0.3, 0.4) is 0 Å². The van der Waals surface area contributed by atoms with Crippen molar-refractivity contribution in [3.8, 4) is 22.1 Å². The Morgan fingerprint density at radius 3 is 2.90 bits per heavy atom. The lowest BCUT2D eigenvalue weighted by atomic mass is 10.3. The average molecular weight is 307 g/mol. The van der Waals surface area contributed by atoms with E-state index in [1.165, 1.54) is 23.2 Å². The van der Waals surface area contributed by atoms with Crippen LogP contribution in [0, 0.1) is 0 Å². The van der Waals surface area contributed by atoms with E-state index in [1.807, 2.05) is 11.4 Å². The second-order valence-corrected chi connectivity index (χ2v) is 5.58. The van der Waals surface area contributed by atoms with E-state index in [0.717, 1.165) is 0 Å². The third-order valence-electron chi connectivity index (χ3n) is 3.13. The Balaban J connectivity index is 2.11. The largest absolute Gasteiger partial charge is 0.501 e. The molecule has 0 bridgehead atoms. The lowest BCUT2D eigenvalue weighted by Gasteiger charge is -2.13. The number of amides is 1. The zero-order valence-electron chi connectivity index (χ0n) is 11.3. The Bertz CT molecular complexity index is 689. The molecule has 1 aliphatic rings. The number of hydrogen-bond donors (Lipinski definition) is 1. The number of rotatable bonds is 3. The maximum atomic E-state index is 11.9. The fraction of sp³-hybridized carbons (Fsp3) is 0.286. The van der Waals surface area contributed by atoms with Gasteiger partial charge in [-0.3, -0.25) is 14.5 Å². The summed E-state index contributed by atoms with van der Waals surface area (Å²) in [5, 5.41) is 12.1. The maximum Gasteiger partial charge on any atom is 0.308 e. The monoisotopic (exact) mass is 307 g/mol. The van der Waals surface area contributed by atoms with Gasteiger partial charge >= 0.3 is 5.97 Å². The molecule has 0 aromatic carbocycles. The van der Waals surface area contributed by atoms with Crippen molar-refractivity contribution in [3.63, 3.8) is 0 Å².